The molecule has 0 radical (unpaired) electrons. The van der Waals surface area contributed by atoms with Gasteiger partial charge < -0.3 is 10.7 Å². The first-order valence-electron chi connectivity index (χ1n) is 8.91. The molecule has 0 unspecified atom stereocenters. The van der Waals surface area contributed by atoms with Gasteiger partial charge in [-0.3, -0.25) is 0 Å². The Hall–Kier alpha value is -3.62. The van der Waals surface area contributed by atoms with Crippen molar-refractivity contribution in [2.45, 2.75) is 11.1 Å². The molecule has 6 nitrogen and oxygen atoms in total. The molecule has 0 spiro atoms. The van der Waals surface area contributed by atoms with Gasteiger partial charge in [0.05, 0.1) is 32.9 Å². The predicted octanol–water partition coefficient (Wildman–Crippen LogP) is 3.83. The van der Waals surface area contributed by atoms with Gasteiger partial charge in [0.25, 0.3) is 0 Å². The highest BCUT2D eigenvalue weighted by atomic mass is 32.2. The highest BCUT2D eigenvalue weighted by molar-refractivity contribution is 7.90. The molecule has 0 atom stereocenters. The van der Waals surface area contributed by atoms with E-state index in [9.17, 15) is 21.6 Å². The van der Waals surface area contributed by atoms with Crippen LogP contribution in [0.5, 0.6) is 0 Å². The minimum atomic E-state index is -4.48. The van der Waals surface area contributed by atoms with Gasteiger partial charge in [0.1, 0.15) is 5.70 Å². The van der Waals surface area contributed by atoms with Gasteiger partial charge in [0, 0.05) is 24.0 Å². The van der Waals surface area contributed by atoms with Gasteiger partial charge in [-0.1, -0.05) is 12.1 Å². The number of alkyl halides is 3. The van der Waals surface area contributed by atoms with E-state index in [4.69, 9.17) is 5.73 Å². The first-order chi connectivity index (χ1) is 14.5. The Morgan fingerprint density at radius 3 is 2.42 bits per heavy atom. The molecule has 4 rings (SSSR count). The number of hydrogen-bond donors (Lipinski definition) is 2. The number of rotatable bonds is 3. The maximum absolute atomic E-state index is 13.0. The second kappa shape index (κ2) is 7.26. The van der Waals surface area contributed by atoms with Crippen molar-refractivity contribution in [2.75, 3.05) is 6.26 Å². The molecule has 10 heteroatoms. The molecule has 1 aromatic heterocycles. The van der Waals surface area contributed by atoms with E-state index in [2.05, 4.69) is 20.7 Å². The van der Waals surface area contributed by atoms with Crippen molar-refractivity contribution in [2.24, 2.45) is 10.7 Å². The molecule has 0 saturated carbocycles. The summed E-state index contributed by atoms with van der Waals surface area (Å²) in [6.07, 6.45) is -0.317. The van der Waals surface area contributed by atoms with Crippen molar-refractivity contribution in [1.82, 2.24) is 9.97 Å². The number of nitrogens with one attached hydrogen (secondary N) is 1. The fourth-order valence-corrected chi connectivity index (χ4v) is 3.64. The zero-order chi connectivity index (χ0) is 22.4. The fraction of sp³-hybridized carbons (Fsp3) is 0.0952. The average Bonchev–Trinajstić information content (AvgIpc) is 3.02. The molecule has 3 aromatic rings. The average molecular weight is 444 g/mol. The molecule has 31 heavy (non-hydrogen) atoms. The maximum Gasteiger partial charge on any atom is 0.416 e. The summed E-state index contributed by atoms with van der Waals surface area (Å²) in [4.78, 5) is 11.8. The third kappa shape index (κ3) is 4.16. The number of sulfone groups is 1. The molecule has 0 aliphatic carbocycles. The normalized spacial score (nSPS) is 14.8. The number of H-pyrrole nitrogens is 1. The summed E-state index contributed by atoms with van der Waals surface area (Å²) in [5, 5.41) is 0. The number of aliphatic imine (C=N–C) groups is 1. The number of halogens is 3. The van der Waals surface area contributed by atoms with Crippen LogP contribution in [0.15, 0.2) is 75.9 Å². The van der Waals surface area contributed by atoms with Gasteiger partial charge in [-0.25, -0.2) is 18.4 Å². The zero-order valence-electron chi connectivity index (χ0n) is 16.0. The lowest BCUT2D eigenvalue weighted by Gasteiger charge is -2.05. The van der Waals surface area contributed by atoms with Crippen molar-refractivity contribution < 1.29 is 21.6 Å². The number of aromatic nitrogens is 2. The lowest BCUT2D eigenvalue weighted by Crippen LogP contribution is -2.04. The van der Waals surface area contributed by atoms with Gasteiger partial charge in [0.15, 0.2) is 15.7 Å². The number of hydrogen-bond acceptors (Lipinski definition) is 5. The van der Waals surface area contributed by atoms with Crippen molar-refractivity contribution in [3.8, 4) is 0 Å². The van der Waals surface area contributed by atoms with E-state index in [0.29, 0.717) is 16.8 Å². The van der Waals surface area contributed by atoms with E-state index in [1.54, 1.807) is 18.2 Å². The van der Waals surface area contributed by atoms with Crippen LogP contribution in [0.3, 0.4) is 0 Å². The SMILES string of the molecule is CS(=O)(=O)c1ccc(C2=NC(c3nc4ccc(C(F)(F)F)cc4[nH]3)=C(N)C=C=C2)cc1. The second-order valence-corrected chi connectivity index (χ2v) is 8.88. The van der Waals surface area contributed by atoms with Crippen LogP contribution in [-0.2, 0) is 16.0 Å². The van der Waals surface area contributed by atoms with E-state index in [-0.39, 0.29) is 27.6 Å². The predicted molar refractivity (Wildman–Crippen MR) is 111 cm³/mol. The van der Waals surface area contributed by atoms with Crippen LogP contribution >= 0.6 is 0 Å². The van der Waals surface area contributed by atoms with Crippen molar-refractivity contribution >= 4 is 32.3 Å². The van der Waals surface area contributed by atoms with Gasteiger partial charge in [0.2, 0.25) is 0 Å². The minimum Gasteiger partial charge on any atom is -0.396 e. The summed E-state index contributed by atoms with van der Waals surface area (Å²) < 4.78 is 62.3. The number of nitrogens with two attached hydrogens (primary N) is 1. The highest BCUT2D eigenvalue weighted by Crippen LogP contribution is 2.31. The number of imidazole rings is 1. The molecule has 3 N–H and O–H groups in total. The number of allylic oxidation sites excluding steroid dienone is 1. The molecule has 2 heterocycles. The number of aromatic amines is 1. The van der Waals surface area contributed by atoms with Gasteiger partial charge in [-0.15, -0.1) is 5.73 Å². The van der Waals surface area contributed by atoms with Crippen LogP contribution in [0, 0.1) is 0 Å². The van der Waals surface area contributed by atoms with Crippen molar-refractivity contribution in [3.05, 3.63) is 83.0 Å². The monoisotopic (exact) mass is 444 g/mol. The van der Waals surface area contributed by atoms with E-state index in [0.717, 1.165) is 18.4 Å². The number of benzene rings is 2. The lowest BCUT2D eigenvalue weighted by atomic mass is 10.1. The lowest BCUT2D eigenvalue weighted by molar-refractivity contribution is -0.137. The molecule has 1 aliphatic heterocycles. The third-order valence-electron chi connectivity index (χ3n) is 4.58. The van der Waals surface area contributed by atoms with Gasteiger partial charge in [-0.2, -0.15) is 13.2 Å². The molecular weight excluding hydrogens is 429 g/mol. The fourth-order valence-electron chi connectivity index (χ4n) is 3.00. The molecule has 1 aliphatic rings. The Kier molecular flexibility index (Phi) is 4.83. The molecule has 2 aromatic carbocycles. The van der Waals surface area contributed by atoms with Crippen LogP contribution in [-0.4, -0.2) is 30.4 Å². The van der Waals surface area contributed by atoms with E-state index < -0.39 is 21.6 Å². The first kappa shape index (κ1) is 20.6. The third-order valence-corrected chi connectivity index (χ3v) is 5.70. The highest BCUT2D eigenvalue weighted by Gasteiger charge is 2.30. The maximum atomic E-state index is 13.0. The van der Waals surface area contributed by atoms with Gasteiger partial charge >= 0.3 is 6.18 Å². The smallest absolute Gasteiger partial charge is 0.396 e. The zero-order valence-corrected chi connectivity index (χ0v) is 16.8. The van der Waals surface area contributed by atoms with Crippen molar-refractivity contribution in [3.63, 3.8) is 0 Å². The summed E-state index contributed by atoms with van der Waals surface area (Å²) in [5.41, 5.74) is 10.2. The Bertz CT molecular complexity index is 1420. The Labute approximate surface area is 175 Å². The summed E-state index contributed by atoms with van der Waals surface area (Å²) in [7, 11) is -3.35. The molecule has 0 amide bonds. The quantitative estimate of drug-likeness (QED) is 0.600. The Morgan fingerprint density at radius 2 is 1.77 bits per heavy atom. The minimum absolute atomic E-state index is 0.165. The van der Waals surface area contributed by atoms with Crippen LogP contribution in [0.4, 0.5) is 13.2 Å². The van der Waals surface area contributed by atoms with Gasteiger partial charge in [-0.05, 0) is 30.3 Å². The van der Waals surface area contributed by atoms with Crippen LogP contribution < -0.4 is 5.73 Å². The topological polar surface area (TPSA) is 101 Å². The first-order valence-corrected chi connectivity index (χ1v) is 10.8. The molecule has 158 valence electrons. The standard InChI is InChI=1S/C21H15F3N4O2S/c1-31(29,30)14-8-5-12(6-9-14)16-4-2-3-15(25)19(26-16)20-27-17-10-7-13(21(22,23)24)11-18(17)28-20/h3-11H,25H2,1H3,(H,27,28). The largest absolute Gasteiger partial charge is 0.416 e. The number of fused-ring (bicyclic) bond motifs is 1. The summed E-state index contributed by atoms with van der Waals surface area (Å²) in [5.74, 6) is 0.199. The summed E-state index contributed by atoms with van der Waals surface area (Å²) in [6.45, 7) is 0. The Balaban J connectivity index is 1.78. The van der Waals surface area contributed by atoms with E-state index in [1.165, 1.54) is 24.3 Å². The second-order valence-electron chi connectivity index (χ2n) is 6.87. The van der Waals surface area contributed by atoms with Crippen LogP contribution in [0.2, 0.25) is 0 Å². The molecule has 0 saturated heterocycles. The van der Waals surface area contributed by atoms with Crippen LogP contribution in [0.1, 0.15) is 17.0 Å². The van der Waals surface area contributed by atoms with E-state index in [1.807, 2.05) is 0 Å². The van der Waals surface area contributed by atoms with Crippen molar-refractivity contribution in [1.29, 1.82) is 0 Å². The Morgan fingerprint density at radius 1 is 1.06 bits per heavy atom. The van der Waals surface area contributed by atoms with Crippen LogP contribution in [0.25, 0.3) is 16.7 Å². The van der Waals surface area contributed by atoms with E-state index >= 15 is 0 Å². The molecule has 0 fully saturated rings. The summed E-state index contributed by atoms with van der Waals surface area (Å²) >= 11 is 0. The molecule has 0 bridgehead atoms. The summed E-state index contributed by atoms with van der Waals surface area (Å²) in [6, 6.07) is 9.32. The number of nitrogens with zero attached hydrogens (tertiary/aromatic N) is 2. The molecular formula is C21H15F3N4O2S.